The Hall–Kier alpha value is -3.37. The van der Waals surface area contributed by atoms with Crippen LogP contribution in [0.25, 0.3) is 22.6 Å². The van der Waals surface area contributed by atoms with Crippen molar-refractivity contribution in [1.29, 1.82) is 0 Å². The molecule has 0 atom stereocenters. The molecule has 2 aromatic heterocycles. The van der Waals surface area contributed by atoms with E-state index in [-0.39, 0.29) is 37.0 Å². The highest BCUT2D eigenvalue weighted by molar-refractivity contribution is 5.83. The molecule has 202 valence electrons. The van der Waals surface area contributed by atoms with Gasteiger partial charge in [0.05, 0.1) is 42.3 Å². The number of hydrogen-bond donors (Lipinski definition) is 2. The van der Waals surface area contributed by atoms with Crippen LogP contribution in [0.5, 0.6) is 6.01 Å². The number of hydrogen-bond acceptors (Lipinski definition) is 7. The number of halogens is 1. The fourth-order valence-electron chi connectivity index (χ4n) is 4.75. The Bertz CT molecular complexity index is 1230. The smallest absolute Gasteiger partial charge is 0.316 e. The number of carbonyl (C=O) groups excluding carboxylic acids is 1. The van der Waals surface area contributed by atoms with Gasteiger partial charge in [0.15, 0.2) is 5.82 Å². The Labute approximate surface area is 221 Å². The zero-order valence-electron chi connectivity index (χ0n) is 21.8. The van der Waals surface area contributed by atoms with Crippen LogP contribution in [0.15, 0.2) is 36.5 Å². The molecule has 0 radical (unpaired) electrons. The summed E-state index contributed by atoms with van der Waals surface area (Å²) < 4.78 is 31.3. The van der Waals surface area contributed by atoms with E-state index >= 15 is 0 Å². The number of aromatic nitrogens is 4. The molecule has 3 heterocycles. The van der Waals surface area contributed by atoms with E-state index in [1.165, 1.54) is 18.6 Å². The predicted octanol–water partition coefficient (Wildman–Crippen LogP) is 4.96. The summed E-state index contributed by atoms with van der Waals surface area (Å²) in [5.74, 6) is 0.0485. The molecule has 0 spiro atoms. The molecule has 0 bridgehead atoms. The average Bonchev–Trinajstić information content (AvgIpc) is 3.39. The Morgan fingerprint density at radius 2 is 1.87 bits per heavy atom. The summed E-state index contributed by atoms with van der Waals surface area (Å²) in [4.78, 5) is 29.8. The molecule has 1 aliphatic heterocycles. The molecule has 38 heavy (non-hydrogen) atoms. The SMILES string of the molecule is CCCOc1nccc(-c2[nH]c(C3OCC(C)(C(=O)NC4CCCCC4)CO3)nc2-c2ccc(F)cc2)n1. The van der Waals surface area contributed by atoms with Crippen molar-refractivity contribution in [1.82, 2.24) is 25.3 Å². The largest absolute Gasteiger partial charge is 0.463 e. The molecule has 2 aliphatic rings. The van der Waals surface area contributed by atoms with Crippen LogP contribution in [0.3, 0.4) is 0 Å². The third-order valence-corrected chi connectivity index (χ3v) is 6.98. The highest BCUT2D eigenvalue weighted by atomic mass is 19.1. The van der Waals surface area contributed by atoms with Crippen molar-refractivity contribution in [3.63, 3.8) is 0 Å². The number of nitrogens with zero attached hydrogens (tertiary/aromatic N) is 3. The van der Waals surface area contributed by atoms with E-state index in [4.69, 9.17) is 19.2 Å². The van der Waals surface area contributed by atoms with Gasteiger partial charge in [-0.3, -0.25) is 4.79 Å². The van der Waals surface area contributed by atoms with E-state index in [2.05, 4.69) is 20.3 Å². The van der Waals surface area contributed by atoms with Gasteiger partial charge in [-0.15, -0.1) is 0 Å². The highest BCUT2D eigenvalue weighted by Gasteiger charge is 2.41. The van der Waals surface area contributed by atoms with Crippen LogP contribution in [-0.4, -0.2) is 51.7 Å². The van der Waals surface area contributed by atoms with E-state index in [0.717, 1.165) is 32.1 Å². The van der Waals surface area contributed by atoms with E-state index in [1.807, 2.05) is 13.8 Å². The van der Waals surface area contributed by atoms with Crippen molar-refractivity contribution in [3.05, 3.63) is 48.2 Å². The van der Waals surface area contributed by atoms with Crippen molar-refractivity contribution in [2.45, 2.75) is 64.7 Å². The lowest BCUT2D eigenvalue weighted by molar-refractivity contribution is -0.231. The maximum atomic E-state index is 13.6. The number of rotatable bonds is 8. The number of aromatic amines is 1. The minimum absolute atomic E-state index is 0.0458. The van der Waals surface area contributed by atoms with Gasteiger partial charge in [-0.1, -0.05) is 26.2 Å². The van der Waals surface area contributed by atoms with Crippen LogP contribution in [0.1, 0.15) is 64.5 Å². The van der Waals surface area contributed by atoms with Crippen LogP contribution in [0.2, 0.25) is 0 Å². The van der Waals surface area contributed by atoms with Crippen LogP contribution in [-0.2, 0) is 14.3 Å². The Kier molecular flexibility index (Phi) is 7.99. The fraction of sp³-hybridized carbons (Fsp3) is 0.500. The van der Waals surface area contributed by atoms with Gasteiger partial charge in [0.2, 0.25) is 12.2 Å². The summed E-state index contributed by atoms with van der Waals surface area (Å²) in [5, 5.41) is 3.19. The van der Waals surface area contributed by atoms with Crippen molar-refractivity contribution in [2.24, 2.45) is 5.41 Å². The van der Waals surface area contributed by atoms with Crippen molar-refractivity contribution in [2.75, 3.05) is 19.8 Å². The monoisotopic (exact) mass is 523 g/mol. The van der Waals surface area contributed by atoms with E-state index in [1.54, 1.807) is 24.4 Å². The van der Waals surface area contributed by atoms with Crippen LogP contribution in [0, 0.1) is 11.2 Å². The summed E-state index contributed by atoms with van der Waals surface area (Å²) in [6.07, 6.45) is 7.20. The average molecular weight is 524 g/mol. The number of ether oxygens (including phenoxy) is 3. The molecule has 0 unspecified atom stereocenters. The lowest BCUT2D eigenvalue weighted by Gasteiger charge is -2.37. The number of amides is 1. The summed E-state index contributed by atoms with van der Waals surface area (Å²) in [5.41, 5.74) is 1.64. The first-order valence-corrected chi connectivity index (χ1v) is 13.3. The summed E-state index contributed by atoms with van der Waals surface area (Å²) in [6.45, 7) is 4.75. The van der Waals surface area contributed by atoms with Crippen molar-refractivity contribution < 1.29 is 23.4 Å². The minimum Gasteiger partial charge on any atom is -0.463 e. The summed E-state index contributed by atoms with van der Waals surface area (Å²) in [7, 11) is 0. The third-order valence-electron chi connectivity index (χ3n) is 6.98. The molecule has 1 saturated heterocycles. The number of carbonyl (C=O) groups is 1. The fourth-order valence-corrected chi connectivity index (χ4v) is 4.75. The van der Waals surface area contributed by atoms with Gasteiger partial charge in [0.1, 0.15) is 5.82 Å². The predicted molar refractivity (Wildman–Crippen MR) is 139 cm³/mol. The quantitative estimate of drug-likeness (QED) is 0.429. The number of benzene rings is 1. The van der Waals surface area contributed by atoms with Crippen molar-refractivity contribution in [3.8, 4) is 28.7 Å². The molecule has 5 rings (SSSR count). The van der Waals surface area contributed by atoms with Gasteiger partial charge in [0.25, 0.3) is 0 Å². The van der Waals surface area contributed by atoms with E-state index < -0.39 is 11.7 Å². The maximum Gasteiger partial charge on any atom is 0.316 e. The standard InChI is InChI=1S/C28H34FN5O4/c1-3-15-36-27-30-14-13-21(32-27)23-22(18-9-11-19(29)12-10-18)33-24(34-23)25-37-16-28(2,17-38-25)26(35)31-20-7-5-4-6-8-20/h9-14,20,25H,3-8,15-17H2,1-2H3,(H,31,35)(H,33,34). The zero-order chi connectivity index (χ0) is 26.5. The molecule has 1 saturated carbocycles. The second-order valence-corrected chi connectivity index (χ2v) is 10.2. The molecule has 1 amide bonds. The maximum absolute atomic E-state index is 13.6. The lowest BCUT2D eigenvalue weighted by atomic mass is 9.89. The summed E-state index contributed by atoms with van der Waals surface area (Å²) in [6, 6.07) is 8.30. The Morgan fingerprint density at radius 3 is 2.58 bits per heavy atom. The zero-order valence-corrected chi connectivity index (χ0v) is 21.8. The molecule has 2 N–H and O–H groups in total. The molecule has 3 aromatic rings. The molecule has 10 heteroatoms. The number of imidazole rings is 1. The highest BCUT2D eigenvalue weighted by Crippen LogP contribution is 2.36. The molecule has 9 nitrogen and oxygen atoms in total. The third kappa shape index (κ3) is 5.86. The molecule has 2 fully saturated rings. The van der Waals surface area contributed by atoms with Gasteiger partial charge in [-0.05, 0) is 56.5 Å². The second kappa shape index (κ2) is 11.6. The molecule has 1 aliphatic carbocycles. The molecule has 1 aromatic carbocycles. The normalized spacial score (nSPS) is 22.2. The number of H-pyrrole nitrogens is 1. The summed E-state index contributed by atoms with van der Waals surface area (Å²) >= 11 is 0. The Morgan fingerprint density at radius 1 is 1.13 bits per heavy atom. The van der Waals surface area contributed by atoms with Crippen LogP contribution >= 0.6 is 0 Å². The van der Waals surface area contributed by atoms with Crippen LogP contribution < -0.4 is 10.1 Å². The van der Waals surface area contributed by atoms with Gasteiger partial charge in [-0.2, -0.15) is 4.98 Å². The van der Waals surface area contributed by atoms with E-state index in [9.17, 15) is 9.18 Å². The van der Waals surface area contributed by atoms with E-state index in [0.29, 0.717) is 35.1 Å². The van der Waals surface area contributed by atoms with Gasteiger partial charge in [0, 0.05) is 17.8 Å². The van der Waals surface area contributed by atoms with Crippen molar-refractivity contribution >= 4 is 5.91 Å². The van der Waals surface area contributed by atoms with Gasteiger partial charge < -0.3 is 24.5 Å². The first-order chi connectivity index (χ1) is 18.4. The lowest BCUT2D eigenvalue weighted by Crippen LogP contribution is -2.51. The molecular weight excluding hydrogens is 489 g/mol. The molecular formula is C28H34FN5O4. The van der Waals surface area contributed by atoms with Gasteiger partial charge >= 0.3 is 6.01 Å². The Balaban J connectivity index is 1.37. The van der Waals surface area contributed by atoms with Crippen LogP contribution in [0.4, 0.5) is 4.39 Å². The first kappa shape index (κ1) is 26.2. The number of nitrogens with one attached hydrogen (secondary N) is 2. The first-order valence-electron chi connectivity index (χ1n) is 13.3. The topological polar surface area (TPSA) is 111 Å². The van der Waals surface area contributed by atoms with Gasteiger partial charge in [-0.25, -0.2) is 14.4 Å². The second-order valence-electron chi connectivity index (χ2n) is 10.2. The minimum atomic E-state index is -0.795.